The summed E-state index contributed by atoms with van der Waals surface area (Å²) in [6, 6.07) is 3.64. The van der Waals surface area contributed by atoms with Crippen LogP contribution in [0.4, 0.5) is 5.95 Å². The van der Waals surface area contributed by atoms with Crippen LogP contribution in [0.25, 0.3) is 0 Å². The van der Waals surface area contributed by atoms with Crippen LogP contribution in [0.5, 0.6) is 0 Å². The Morgan fingerprint density at radius 3 is 3.00 bits per heavy atom. The van der Waals surface area contributed by atoms with Crippen LogP contribution in [0, 0.1) is 6.92 Å². The number of amides is 1. The maximum Gasteiger partial charge on any atom is 0.270 e. The highest BCUT2D eigenvalue weighted by Crippen LogP contribution is 2.15. The summed E-state index contributed by atoms with van der Waals surface area (Å²) in [6.45, 7) is 1.94. The smallest absolute Gasteiger partial charge is 0.270 e. The number of thiophene rings is 1. The van der Waals surface area contributed by atoms with Crippen LogP contribution < -0.4 is 5.32 Å². The van der Waals surface area contributed by atoms with Gasteiger partial charge in [0, 0.05) is 4.88 Å². The largest absolute Gasteiger partial charge is 0.287 e. The molecule has 7 heteroatoms. The molecule has 6 nitrogen and oxygen atoms in total. The van der Waals surface area contributed by atoms with Gasteiger partial charge >= 0.3 is 0 Å². The van der Waals surface area contributed by atoms with Crippen molar-refractivity contribution < 1.29 is 4.79 Å². The number of carbonyl (C=O) groups excluding carboxylic acids is 1. The summed E-state index contributed by atoms with van der Waals surface area (Å²) in [4.78, 5) is 13.2. The second-order valence-electron chi connectivity index (χ2n) is 2.60. The van der Waals surface area contributed by atoms with Gasteiger partial charge in [-0.1, -0.05) is 5.10 Å². The zero-order valence-corrected chi connectivity index (χ0v) is 8.13. The monoisotopic (exact) mass is 209 g/mol. The van der Waals surface area contributed by atoms with Crippen LogP contribution in [-0.2, 0) is 0 Å². The maximum absolute atomic E-state index is 11.5. The molecule has 0 spiro atoms. The number of carbonyl (C=O) groups is 1. The van der Waals surface area contributed by atoms with Crippen molar-refractivity contribution in [2.45, 2.75) is 6.92 Å². The fourth-order valence-electron chi connectivity index (χ4n) is 0.934. The summed E-state index contributed by atoms with van der Waals surface area (Å²) in [7, 11) is 0. The minimum atomic E-state index is -0.218. The van der Waals surface area contributed by atoms with Gasteiger partial charge in [-0.25, -0.2) is 0 Å². The molecule has 0 aliphatic rings. The van der Waals surface area contributed by atoms with Crippen LogP contribution >= 0.6 is 11.3 Å². The summed E-state index contributed by atoms with van der Waals surface area (Å²) < 4.78 is 0. The Balaban J connectivity index is 2.10. The highest BCUT2D eigenvalue weighted by Gasteiger charge is 2.09. The lowest BCUT2D eigenvalue weighted by Crippen LogP contribution is -2.11. The number of hydrogen-bond donors (Lipinski definition) is 2. The lowest BCUT2D eigenvalue weighted by atomic mass is 10.4. The van der Waals surface area contributed by atoms with Gasteiger partial charge in [-0.05, 0) is 24.3 Å². The predicted molar refractivity (Wildman–Crippen MR) is 51.2 cm³/mol. The average Bonchev–Trinajstić information content (AvgIpc) is 2.75. The molecule has 1 amide bonds. The Morgan fingerprint density at radius 1 is 1.57 bits per heavy atom. The van der Waals surface area contributed by atoms with Crippen molar-refractivity contribution in [2.24, 2.45) is 0 Å². The molecule has 2 heterocycles. The van der Waals surface area contributed by atoms with Gasteiger partial charge in [0.2, 0.25) is 0 Å². The number of nitrogens with zero attached hydrogens (tertiary/aromatic N) is 3. The Labute approximate surface area is 83.3 Å². The zero-order valence-electron chi connectivity index (χ0n) is 7.31. The van der Waals surface area contributed by atoms with Gasteiger partial charge in [0.15, 0.2) is 0 Å². The van der Waals surface area contributed by atoms with Crippen molar-refractivity contribution in [3.63, 3.8) is 0 Å². The first-order valence-electron chi connectivity index (χ1n) is 3.87. The van der Waals surface area contributed by atoms with Crippen LogP contribution in [0.15, 0.2) is 12.1 Å². The van der Waals surface area contributed by atoms with Crippen molar-refractivity contribution in [1.82, 2.24) is 20.6 Å². The summed E-state index contributed by atoms with van der Waals surface area (Å²) in [5.41, 5.74) is 0. The Hall–Kier alpha value is -1.76. The average molecular weight is 209 g/mol. The molecular weight excluding hydrogens is 202 g/mol. The molecule has 0 atom stereocenters. The first-order valence-corrected chi connectivity index (χ1v) is 4.68. The lowest BCUT2D eigenvalue weighted by molar-refractivity contribution is 0.102. The summed E-state index contributed by atoms with van der Waals surface area (Å²) >= 11 is 1.42. The van der Waals surface area contributed by atoms with Crippen LogP contribution in [-0.4, -0.2) is 26.5 Å². The molecule has 0 aliphatic carbocycles. The van der Waals surface area contributed by atoms with Crippen molar-refractivity contribution in [3.8, 4) is 0 Å². The van der Waals surface area contributed by atoms with E-state index >= 15 is 0 Å². The molecule has 0 aliphatic heterocycles. The lowest BCUT2D eigenvalue weighted by Gasteiger charge is -1.94. The Kier molecular flexibility index (Phi) is 2.23. The van der Waals surface area contributed by atoms with E-state index < -0.39 is 0 Å². The van der Waals surface area contributed by atoms with Gasteiger partial charge < -0.3 is 0 Å². The van der Waals surface area contributed by atoms with E-state index in [0.29, 0.717) is 4.88 Å². The number of aromatic nitrogens is 4. The van der Waals surface area contributed by atoms with E-state index in [1.807, 2.05) is 13.0 Å². The van der Waals surface area contributed by atoms with Crippen molar-refractivity contribution in [3.05, 3.63) is 21.9 Å². The van der Waals surface area contributed by atoms with Crippen LogP contribution in [0.3, 0.4) is 0 Å². The van der Waals surface area contributed by atoms with E-state index in [4.69, 9.17) is 0 Å². The van der Waals surface area contributed by atoms with Gasteiger partial charge in [0.1, 0.15) is 0 Å². The number of H-pyrrole nitrogens is 1. The molecule has 2 aromatic rings. The van der Waals surface area contributed by atoms with E-state index in [0.717, 1.165) is 4.88 Å². The van der Waals surface area contributed by atoms with Crippen molar-refractivity contribution in [1.29, 1.82) is 0 Å². The van der Waals surface area contributed by atoms with E-state index in [1.165, 1.54) is 11.3 Å². The third-order valence-electron chi connectivity index (χ3n) is 1.53. The molecule has 0 unspecified atom stereocenters. The SMILES string of the molecule is Cc1ccc(C(=O)Nc2nn[nH]n2)s1. The molecule has 2 rings (SSSR count). The van der Waals surface area contributed by atoms with Crippen molar-refractivity contribution >= 4 is 23.2 Å². The molecule has 72 valence electrons. The Morgan fingerprint density at radius 2 is 2.43 bits per heavy atom. The quantitative estimate of drug-likeness (QED) is 0.767. The molecule has 2 N–H and O–H groups in total. The molecule has 0 radical (unpaired) electrons. The molecule has 14 heavy (non-hydrogen) atoms. The number of hydrogen-bond acceptors (Lipinski definition) is 5. The number of anilines is 1. The van der Waals surface area contributed by atoms with Crippen molar-refractivity contribution in [2.75, 3.05) is 5.32 Å². The van der Waals surface area contributed by atoms with Gasteiger partial charge in [-0.3, -0.25) is 10.1 Å². The van der Waals surface area contributed by atoms with Gasteiger partial charge in [0.05, 0.1) is 4.88 Å². The number of rotatable bonds is 2. The molecule has 0 saturated carbocycles. The zero-order chi connectivity index (χ0) is 9.97. The number of tetrazole rings is 1. The van der Waals surface area contributed by atoms with Crippen LogP contribution in [0.2, 0.25) is 0 Å². The summed E-state index contributed by atoms with van der Waals surface area (Å²) in [5, 5.41) is 15.3. The maximum atomic E-state index is 11.5. The van der Waals surface area contributed by atoms with E-state index in [9.17, 15) is 4.79 Å². The second kappa shape index (κ2) is 3.54. The third-order valence-corrected chi connectivity index (χ3v) is 2.53. The standard InChI is InChI=1S/C7H7N5OS/c1-4-2-3-5(14-4)6(13)8-7-9-11-12-10-7/h2-3H,1H3,(H2,8,9,10,11,12,13). The predicted octanol–water partition coefficient (Wildman–Crippen LogP) is 0.822. The fourth-order valence-corrected chi connectivity index (χ4v) is 1.70. The third kappa shape index (κ3) is 1.77. The first-order chi connectivity index (χ1) is 6.75. The topological polar surface area (TPSA) is 83.6 Å². The highest BCUT2D eigenvalue weighted by molar-refractivity contribution is 7.14. The normalized spacial score (nSPS) is 10.1. The minimum absolute atomic E-state index is 0.182. The van der Waals surface area contributed by atoms with E-state index in [2.05, 4.69) is 25.9 Å². The van der Waals surface area contributed by atoms with Crippen LogP contribution in [0.1, 0.15) is 14.5 Å². The second-order valence-corrected chi connectivity index (χ2v) is 3.89. The first kappa shape index (κ1) is 8.82. The molecule has 2 aromatic heterocycles. The number of aromatic amines is 1. The number of aryl methyl sites for hydroxylation is 1. The summed E-state index contributed by atoms with van der Waals surface area (Å²) in [6.07, 6.45) is 0. The molecule has 0 saturated heterocycles. The van der Waals surface area contributed by atoms with E-state index in [-0.39, 0.29) is 11.9 Å². The van der Waals surface area contributed by atoms with Gasteiger partial charge in [-0.2, -0.15) is 5.21 Å². The Bertz CT molecular complexity index is 435. The summed E-state index contributed by atoms with van der Waals surface area (Å²) in [5.74, 6) is -0.0365. The van der Waals surface area contributed by atoms with Gasteiger partial charge in [0.25, 0.3) is 11.9 Å². The fraction of sp³-hybridized carbons (Fsp3) is 0.143. The van der Waals surface area contributed by atoms with Gasteiger partial charge in [-0.15, -0.1) is 16.4 Å². The van der Waals surface area contributed by atoms with E-state index in [1.54, 1.807) is 6.07 Å². The highest BCUT2D eigenvalue weighted by atomic mass is 32.1. The molecule has 0 fully saturated rings. The number of nitrogens with one attached hydrogen (secondary N) is 2. The molecule has 0 bridgehead atoms. The minimum Gasteiger partial charge on any atom is -0.287 e. The molecular formula is C7H7N5OS. The molecule has 0 aromatic carbocycles.